The molecule has 8 nitrogen and oxygen atoms in total. The number of hydrogen-bond acceptors (Lipinski definition) is 8. The largest absolute Gasteiger partial charge is 0.451 e. The molecule has 0 saturated carbocycles. The molecule has 0 saturated heterocycles. The summed E-state index contributed by atoms with van der Waals surface area (Å²) in [5.41, 5.74) is 1.48. The second-order valence-electron chi connectivity index (χ2n) is 6.12. The zero-order chi connectivity index (χ0) is 18.5. The standard InChI is InChI=1S/C20H10N4O4/c1-3-7-13-11(5-1)9-15(25-13)17-21-23-19(27-17)20-24-22-18(28-20)16-10-12-6-2-4-8-14(12)26-16/h1-10H. The second kappa shape index (κ2) is 5.65. The van der Waals surface area contributed by atoms with Crippen LogP contribution in [0.15, 0.2) is 78.3 Å². The third-order valence-electron chi connectivity index (χ3n) is 4.31. The third kappa shape index (κ3) is 2.32. The topological polar surface area (TPSA) is 104 Å². The molecule has 6 rings (SSSR count). The first-order valence-electron chi connectivity index (χ1n) is 8.49. The molecule has 0 unspecified atom stereocenters. The van der Waals surface area contributed by atoms with Crippen molar-refractivity contribution < 1.29 is 17.7 Å². The number of rotatable bonds is 3. The number of furan rings is 2. The van der Waals surface area contributed by atoms with Gasteiger partial charge in [0.1, 0.15) is 11.2 Å². The summed E-state index contributed by atoms with van der Waals surface area (Å²) in [5, 5.41) is 17.9. The third-order valence-corrected chi connectivity index (χ3v) is 4.31. The maximum Gasteiger partial charge on any atom is 0.306 e. The van der Waals surface area contributed by atoms with Gasteiger partial charge in [0.15, 0.2) is 11.5 Å². The van der Waals surface area contributed by atoms with E-state index in [1.54, 1.807) is 0 Å². The number of hydrogen-bond donors (Lipinski definition) is 0. The predicted octanol–water partition coefficient (Wildman–Crippen LogP) is 4.95. The molecule has 0 radical (unpaired) electrons. The Morgan fingerprint density at radius 1 is 0.464 bits per heavy atom. The van der Waals surface area contributed by atoms with Crippen LogP contribution in [0.5, 0.6) is 0 Å². The van der Waals surface area contributed by atoms with Crippen molar-refractivity contribution in [2.75, 3.05) is 0 Å². The average molecular weight is 370 g/mol. The Morgan fingerprint density at radius 2 is 0.893 bits per heavy atom. The number of nitrogens with zero attached hydrogens (tertiary/aromatic N) is 4. The van der Waals surface area contributed by atoms with E-state index < -0.39 is 0 Å². The van der Waals surface area contributed by atoms with Gasteiger partial charge in [-0.1, -0.05) is 36.4 Å². The lowest BCUT2D eigenvalue weighted by Gasteiger charge is -1.87. The van der Waals surface area contributed by atoms with Crippen molar-refractivity contribution in [1.29, 1.82) is 0 Å². The predicted molar refractivity (Wildman–Crippen MR) is 98.0 cm³/mol. The highest BCUT2D eigenvalue weighted by atomic mass is 16.4. The maximum atomic E-state index is 5.73. The van der Waals surface area contributed by atoms with Crippen LogP contribution >= 0.6 is 0 Å². The van der Waals surface area contributed by atoms with Crippen LogP contribution in [0.3, 0.4) is 0 Å². The average Bonchev–Trinajstić information content (AvgIpc) is 3.52. The Kier molecular flexibility index (Phi) is 3.01. The molecular formula is C20H10N4O4. The van der Waals surface area contributed by atoms with Gasteiger partial charge in [-0.05, 0) is 24.3 Å². The lowest BCUT2D eigenvalue weighted by atomic mass is 10.2. The van der Waals surface area contributed by atoms with Crippen molar-refractivity contribution in [3.05, 3.63) is 60.7 Å². The molecule has 0 N–H and O–H groups in total. The van der Waals surface area contributed by atoms with E-state index in [9.17, 15) is 0 Å². The highest BCUT2D eigenvalue weighted by molar-refractivity contribution is 5.82. The van der Waals surface area contributed by atoms with Gasteiger partial charge in [-0.2, -0.15) is 0 Å². The first kappa shape index (κ1) is 14.9. The quantitative estimate of drug-likeness (QED) is 0.431. The fraction of sp³-hybridized carbons (Fsp3) is 0. The Labute approximate surface area is 156 Å². The normalized spacial score (nSPS) is 11.6. The van der Waals surface area contributed by atoms with Crippen molar-refractivity contribution in [2.45, 2.75) is 0 Å². The van der Waals surface area contributed by atoms with Gasteiger partial charge in [-0.25, -0.2) is 0 Å². The molecule has 28 heavy (non-hydrogen) atoms. The second-order valence-corrected chi connectivity index (χ2v) is 6.12. The van der Waals surface area contributed by atoms with E-state index in [1.807, 2.05) is 60.7 Å². The minimum atomic E-state index is 0.102. The fourth-order valence-corrected chi connectivity index (χ4v) is 2.99. The monoisotopic (exact) mass is 370 g/mol. The Morgan fingerprint density at radius 3 is 1.36 bits per heavy atom. The smallest absolute Gasteiger partial charge is 0.306 e. The zero-order valence-corrected chi connectivity index (χ0v) is 14.2. The molecule has 0 amide bonds. The maximum absolute atomic E-state index is 5.73. The van der Waals surface area contributed by atoms with Crippen molar-refractivity contribution in [3.8, 4) is 35.1 Å². The number of para-hydroxylation sites is 2. The lowest BCUT2D eigenvalue weighted by Crippen LogP contribution is -1.76. The van der Waals surface area contributed by atoms with E-state index in [-0.39, 0.29) is 23.6 Å². The van der Waals surface area contributed by atoms with Gasteiger partial charge in [0.25, 0.3) is 11.8 Å². The molecule has 4 aromatic heterocycles. The van der Waals surface area contributed by atoms with Crippen LogP contribution in [0.2, 0.25) is 0 Å². The number of aromatic nitrogens is 4. The lowest BCUT2D eigenvalue weighted by molar-refractivity contribution is 0.498. The van der Waals surface area contributed by atoms with E-state index in [0.717, 1.165) is 21.9 Å². The molecule has 134 valence electrons. The van der Waals surface area contributed by atoms with Gasteiger partial charge < -0.3 is 17.7 Å². The van der Waals surface area contributed by atoms with Gasteiger partial charge in [0.2, 0.25) is 0 Å². The fourth-order valence-electron chi connectivity index (χ4n) is 2.99. The summed E-state index contributed by atoms with van der Waals surface area (Å²) in [4.78, 5) is 0. The van der Waals surface area contributed by atoms with Gasteiger partial charge in [0, 0.05) is 10.8 Å². The van der Waals surface area contributed by atoms with Crippen molar-refractivity contribution in [1.82, 2.24) is 20.4 Å². The molecule has 0 aliphatic carbocycles. The molecule has 0 spiro atoms. The van der Waals surface area contributed by atoms with E-state index in [4.69, 9.17) is 17.7 Å². The van der Waals surface area contributed by atoms with Gasteiger partial charge >= 0.3 is 11.8 Å². The van der Waals surface area contributed by atoms with Crippen LogP contribution in [0, 0.1) is 0 Å². The summed E-state index contributed by atoms with van der Waals surface area (Å²) in [5.74, 6) is 1.61. The summed E-state index contributed by atoms with van der Waals surface area (Å²) in [6.07, 6.45) is 0. The van der Waals surface area contributed by atoms with Gasteiger partial charge in [0.05, 0.1) is 0 Å². The summed E-state index contributed by atoms with van der Waals surface area (Å²) >= 11 is 0. The molecular weight excluding hydrogens is 360 g/mol. The molecule has 0 aliphatic rings. The van der Waals surface area contributed by atoms with Crippen LogP contribution in [-0.4, -0.2) is 20.4 Å². The van der Waals surface area contributed by atoms with E-state index in [2.05, 4.69) is 20.4 Å². The van der Waals surface area contributed by atoms with E-state index in [0.29, 0.717) is 11.5 Å². The summed E-state index contributed by atoms with van der Waals surface area (Å²) in [7, 11) is 0. The first-order valence-corrected chi connectivity index (χ1v) is 8.49. The number of benzene rings is 2. The molecule has 8 heteroatoms. The van der Waals surface area contributed by atoms with Crippen LogP contribution in [0.1, 0.15) is 0 Å². The van der Waals surface area contributed by atoms with Gasteiger partial charge in [-0.15, -0.1) is 20.4 Å². The molecule has 2 aromatic carbocycles. The first-order chi connectivity index (χ1) is 13.8. The van der Waals surface area contributed by atoms with Crippen LogP contribution < -0.4 is 0 Å². The van der Waals surface area contributed by atoms with Crippen LogP contribution in [0.25, 0.3) is 57.0 Å². The zero-order valence-electron chi connectivity index (χ0n) is 14.2. The summed E-state index contributed by atoms with van der Waals surface area (Å²) < 4.78 is 22.8. The Bertz CT molecular complexity index is 1260. The summed E-state index contributed by atoms with van der Waals surface area (Å²) in [6, 6.07) is 18.9. The van der Waals surface area contributed by atoms with Crippen LogP contribution in [-0.2, 0) is 0 Å². The van der Waals surface area contributed by atoms with Crippen molar-refractivity contribution in [3.63, 3.8) is 0 Å². The molecule has 0 bridgehead atoms. The van der Waals surface area contributed by atoms with Crippen molar-refractivity contribution >= 4 is 21.9 Å². The molecule has 6 aromatic rings. The van der Waals surface area contributed by atoms with Gasteiger partial charge in [-0.3, -0.25) is 0 Å². The Hall–Kier alpha value is -4.20. The number of fused-ring (bicyclic) bond motifs is 2. The highest BCUT2D eigenvalue weighted by Gasteiger charge is 2.21. The van der Waals surface area contributed by atoms with Crippen LogP contribution in [0.4, 0.5) is 0 Å². The minimum Gasteiger partial charge on any atom is -0.451 e. The SMILES string of the molecule is c1ccc2oc(-c3nnc(-c4nnc(-c5cc6ccccc6o5)o4)o3)cc2c1. The highest BCUT2D eigenvalue weighted by Crippen LogP contribution is 2.31. The minimum absolute atomic E-state index is 0.102. The van der Waals surface area contributed by atoms with E-state index in [1.165, 1.54) is 0 Å². The molecule has 0 atom stereocenters. The van der Waals surface area contributed by atoms with E-state index >= 15 is 0 Å². The Balaban J connectivity index is 1.35. The van der Waals surface area contributed by atoms with Crippen molar-refractivity contribution in [2.24, 2.45) is 0 Å². The molecule has 0 aliphatic heterocycles. The summed E-state index contributed by atoms with van der Waals surface area (Å²) in [6.45, 7) is 0. The molecule has 4 heterocycles. The molecule has 0 fully saturated rings.